The third-order valence-corrected chi connectivity index (χ3v) is 5.77. The summed E-state index contributed by atoms with van der Waals surface area (Å²) in [6.45, 7) is 7.18. The lowest BCUT2D eigenvalue weighted by Crippen LogP contribution is -2.42. The number of aliphatic hydroxyl groups is 2. The molecule has 184 valence electrons. The predicted molar refractivity (Wildman–Crippen MR) is 120 cm³/mol. The van der Waals surface area contributed by atoms with Crippen LogP contribution in [-0.4, -0.2) is 76.9 Å². The van der Waals surface area contributed by atoms with E-state index in [4.69, 9.17) is 25.5 Å². The normalized spacial score (nSPS) is 11.2. The van der Waals surface area contributed by atoms with Crippen LogP contribution in [0, 0.1) is 13.8 Å². The van der Waals surface area contributed by atoms with E-state index >= 15 is 0 Å². The summed E-state index contributed by atoms with van der Waals surface area (Å²) in [6.07, 6.45) is 0.607. The molecular weight excluding hydrogens is 454 g/mol. The van der Waals surface area contributed by atoms with Gasteiger partial charge in [0.1, 0.15) is 0 Å². The van der Waals surface area contributed by atoms with Crippen molar-refractivity contribution >= 4 is 29.2 Å². The summed E-state index contributed by atoms with van der Waals surface area (Å²) in [7, 11) is 1.96. The number of carboxylic acids is 3. The van der Waals surface area contributed by atoms with E-state index in [9.17, 15) is 14.4 Å². The number of carbonyl (C=O) groups is 3. The van der Waals surface area contributed by atoms with Gasteiger partial charge in [-0.25, -0.2) is 4.79 Å². The van der Waals surface area contributed by atoms with Crippen molar-refractivity contribution in [2.45, 2.75) is 51.8 Å². The van der Waals surface area contributed by atoms with E-state index in [2.05, 4.69) is 41.5 Å². The van der Waals surface area contributed by atoms with Gasteiger partial charge in [0.05, 0.1) is 18.5 Å². The van der Waals surface area contributed by atoms with Crippen LogP contribution in [-0.2, 0) is 34.5 Å². The zero-order valence-electron chi connectivity index (χ0n) is 18.9. The van der Waals surface area contributed by atoms with E-state index in [-0.39, 0.29) is 6.61 Å². The van der Waals surface area contributed by atoms with Gasteiger partial charge in [0.2, 0.25) is 0 Å². The first-order chi connectivity index (χ1) is 15.4. The number of aliphatic carboxylic acids is 3. The summed E-state index contributed by atoms with van der Waals surface area (Å²) in [6, 6.07) is 2.17. The standard InChI is InChI=1S/C15H23N3OS.C6H8O7/c1-12-5-8-20-15(12)11-18(6-4-7-19)10-14-9-17(3)16-13(14)2;7-3(8)1-6(13,5(11)12)2-4(9)10/h5,8-9,19H,4,6-7,10-11H2,1-3H3;13H,1-2H2,(H,7,8)(H,9,10)(H,11,12). The van der Waals surface area contributed by atoms with Crippen LogP contribution in [0.2, 0.25) is 0 Å². The van der Waals surface area contributed by atoms with Gasteiger partial charge >= 0.3 is 17.9 Å². The van der Waals surface area contributed by atoms with Crippen molar-refractivity contribution in [3.63, 3.8) is 0 Å². The molecule has 0 atom stereocenters. The second kappa shape index (κ2) is 13.0. The summed E-state index contributed by atoms with van der Waals surface area (Å²) in [5, 5.41) is 49.4. The fraction of sp³-hybridized carbons (Fsp3) is 0.524. The molecule has 0 aliphatic heterocycles. The maximum Gasteiger partial charge on any atom is 0.336 e. The Labute approximate surface area is 195 Å². The van der Waals surface area contributed by atoms with Gasteiger partial charge in [-0.05, 0) is 37.3 Å². The molecule has 0 bridgehead atoms. The molecule has 0 unspecified atom stereocenters. The molecule has 5 N–H and O–H groups in total. The SMILES string of the molecule is Cc1ccsc1CN(CCCO)Cc1cn(C)nc1C.O=C(O)CC(O)(CC(=O)O)C(=O)O. The molecule has 2 aromatic heterocycles. The van der Waals surface area contributed by atoms with E-state index in [1.165, 1.54) is 16.0 Å². The Morgan fingerprint density at radius 2 is 1.73 bits per heavy atom. The Hall–Kier alpha value is -2.80. The zero-order chi connectivity index (χ0) is 25.2. The maximum atomic E-state index is 10.3. The van der Waals surface area contributed by atoms with Gasteiger partial charge < -0.3 is 25.5 Å². The smallest absolute Gasteiger partial charge is 0.336 e. The average Bonchev–Trinajstić information content (AvgIpc) is 3.23. The first kappa shape index (κ1) is 28.2. The van der Waals surface area contributed by atoms with Gasteiger partial charge in [-0.3, -0.25) is 19.2 Å². The van der Waals surface area contributed by atoms with Crippen LogP contribution in [0.5, 0.6) is 0 Å². The van der Waals surface area contributed by atoms with Crippen LogP contribution in [0.4, 0.5) is 0 Å². The summed E-state index contributed by atoms with van der Waals surface area (Å²) >= 11 is 1.81. The molecular formula is C21H31N3O8S. The second-order valence-corrected chi connectivity index (χ2v) is 8.71. The Morgan fingerprint density at radius 3 is 2.12 bits per heavy atom. The van der Waals surface area contributed by atoms with Crippen molar-refractivity contribution in [3.8, 4) is 0 Å². The molecule has 0 saturated heterocycles. The highest BCUT2D eigenvalue weighted by atomic mass is 32.1. The molecule has 12 heteroatoms. The minimum absolute atomic E-state index is 0.242. The Morgan fingerprint density at radius 1 is 1.12 bits per heavy atom. The first-order valence-electron chi connectivity index (χ1n) is 10.1. The van der Waals surface area contributed by atoms with Gasteiger partial charge in [0.15, 0.2) is 5.60 Å². The number of aryl methyl sites for hydroxylation is 3. The van der Waals surface area contributed by atoms with Crippen molar-refractivity contribution < 1.29 is 39.9 Å². The van der Waals surface area contributed by atoms with E-state index in [0.29, 0.717) is 0 Å². The molecule has 0 amide bonds. The molecule has 0 aliphatic rings. The highest BCUT2D eigenvalue weighted by molar-refractivity contribution is 7.10. The van der Waals surface area contributed by atoms with E-state index < -0.39 is 36.4 Å². The molecule has 0 radical (unpaired) electrons. The number of nitrogens with zero attached hydrogens (tertiary/aromatic N) is 3. The number of thiophene rings is 1. The number of aliphatic hydroxyl groups excluding tert-OH is 1. The topological polar surface area (TPSA) is 173 Å². The molecule has 0 fully saturated rings. The molecule has 11 nitrogen and oxygen atoms in total. The molecule has 2 rings (SSSR count). The maximum absolute atomic E-state index is 10.3. The third kappa shape index (κ3) is 9.70. The molecule has 0 aliphatic carbocycles. The Bertz CT molecular complexity index is 924. The number of rotatable bonds is 12. The summed E-state index contributed by atoms with van der Waals surface area (Å²) in [4.78, 5) is 34.3. The number of aromatic nitrogens is 2. The fourth-order valence-electron chi connectivity index (χ4n) is 3.04. The zero-order valence-corrected chi connectivity index (χ0v) is 19.7. The first-order valence-corrected chi connectivity index (χ1v) is 11.0. The third-order valence-electron chi connectivity index (χ3n) is 4.76. The molecule has 33 heavy (non-hydrogen) atoms. The highest BCUT2D eigenvalue weighted by Crippen LogP contribution is 2.20. The van der Waals surface area contributed by atoms with Gasteiger partial charge in [0, 0.05) is 49.9 Å². The number of carboxylic acid groups (broad SMARTS) is 3. The van der Waals surface area contributed by atoms with Crippen LogP contribution in [0.25, 0.3) is 0 Å². The minimum Gasteiger partial charge on any atom is -0.481 e. The largest absolute Gasteiger partial charge is 0.481 e. The van der Waals surface area contributed by atoms with E-state index in [1.54, 1.807) is 11.3 Å². The van der Waals surface area contributed by atoms with Crippen LogP contribution >= 0.6 is 11.3 Å². The number of hydrogen-bond donors (Lipinski definition) is 5. The van der Waals surface area contributed by atoms with E-state index in [0.717, 1.165) is 31.7 Å². The van der Waals surface area contributed by atoms with Crippen molar-refractivity contribution in [1.82, 2.24) is 14.7 Å². The van der Waals surface area contributed by atoms with Gasteiger partial charge in [-0.15, -0.1) is 11.3 Å². The lowest BCUT2D eigenvalue weighted by Gasteiger charge is -2.21. The molecule has 2 heterocycles. The van der Waals surface area contributed by atoms with Crippen LogP contribution in [0.1, 0.15) is 41.0 Å². The fourth-order valence-corrected chi connectivity index (χ4v) is 3.98. The van der Waals surface area contributed by atoms with Crippen molar-refractivity contribution in [3.05, 3.63) is 39.3 Å². The molecule has 0 saturated carbocycles. The molecule has 0 spiro atoms. The van der Waals surface area contributed by atoms with E-state index in [1.807, 2.05) is 11.7 Å². The molecule has 0 aromatic carbocycles. The number of hydrogen-bond acceptors (Lipinski definition) is 8. The Balaban J connectivity index is 0.000000366. The highest BCUT2D eigenvalue weighted by Gasteiger charge is 2.40. The van der Waals surface area contributed by atoms with Crippen molar-refractivity contribution in [2.24, 2.45) is 7.05 Å². The summed E-state index contributed by atoms with van der Waals surface area (Å²) in [5.41, 5.74) is 0.966. The van der Waals surface area contributed by atoms with Crippen molar-refractivity contribution in [1.29, 1.82) is 0 Å². The van der Waals surface area contributed by atoms with Gasteiger partial charge in [-0.1, -0.05) is 0 Å². The quantitative estimate of drug-likeness (QED) is 0.294. The lowest BCUT2D eigenvalue weighted by atomic mass is 9.96. The summed E-state index contributed by atoms with van der Waals surface area (Å²) in [5.74, 6) is -5.02. The Kier molecular flexibility index (Phi) is 11.2. The average molecular weight is 486 g/mol. The van der Waals surface area contributed by atoms with Crippen LogP contribution in [0.15, 0.2) is 17.6 Å². The van der Waals surface area contributed by atoms with Crippen LogP contribution in [0.3, 0.4) is 0 Å². The van der Waals surface area contributed by atoms with Gasteiger partial charge in [-0.2, -0.15) is 5.10 Å². The molecule has 2 aromatic rings. The predicted octanol–water partition coefficient (Wildman–Crippen LogP) is 1.23. The van der Waals surface area contributed by atoms with Gasteiger partial charge in [0.25, 0.3) is 0 Å². The van der Waals surface area contributed by atoms with Crippen LogP contribution < -0.4 is 0 Å². The lowest BCUT2D eigenvalue weighted by molar-refractivity contribution is -0.170. The van der Waals surface area contributed by atoms with Crippen molar-refractivity contribution in [2.75, 3.05) is 13.2 Å². The second-order valence-electron chi connectivity index (χ2n) is 7.71. The minimum atomic E-state index is -2.74. The summed E-state index contributed by atoms with van der Waals surface area (Å²) < 4.78 is 1.87. The monoisotopic (exact) mass is 485 g/mol.